The molecular formula is C15H23NO2. The lowest BCUT2D eigenvalue weighted by molar-refractivity contribution is 0.0716. The van der Waals surface area contributed by atoms with Gasteiger partial charge in [-0.2, -0.15) is 0 Å². The molecule has 0 heterocycles. The summed E-state index contributed by atoms with van der Waals surface area (Å²) in [7, 11) is 3.74. The minimum absolute atomic E-state index is 0.131. The van der Waals surface area contributed by atoms with Crippen molar-refractivity contribution in [2.24, 2.45) is 0 Å². The fraction of sp³-hybridized carbons (Fsp3) is 0.600. The van der Waals surface area contributed by atoms with Crippen molar-refractivity contribution < 1.29 is 9.47 Å². The summed E-state index contributed by atoms with van der Waals surface area (Å²) in [6.45, 7) is 2.61. The van der Waals surface area contributed by atoms with Gasteiger partial charge in [0.1, 0.15) is 12.4 Å². The molecule has 1 aliphatic rings. The van der Waals surface area contributed by atoms with E-state index in [1.54, 1.807) is 7.11 Å². The first-order chi connectivity index (χ1) is 8.74. The Morgan fingerprint density at radius 1 is 1.44 bits per heavy atom. The highest BCUT2D eigenvalue weighted by atomic mass is 16.5. The highest BCUT2D eigenvalue weighted by molar-refractivity contribution is 5.39. The topological polar surface area (TPSA) is 30.5 Å². The van der Waals surface area contributed by atoms with E-state index in [0.717, 1.165) is 12.2 Å². The van der Waals surface area contributed by atoms with Crippen molar-refractivity contribution in [1.29, 1.82) is 0 Å². The van der Waals surface area contributed by atoms with Gasteiger partial charge in [0.2, 0.25) is 0 Å². The third kappa shape index (κ3) is 3.03. The van der Waals surface area contributed by atoms with Crippen LogP contribution in [0.4, 0.5) is 0 Å². The van der Waals surface area contributed by atoms with Crippen LogP contribution in [0.5, 0.6) is 5.75 Å². The molecule has 18 heavy (non-hydrogen) atoms. The molecule has 0 saturated heterocycles. The first-order valence-electron chi connectivity index (χ1n) is 6.70. The van der Waals surface area contributed by atoms with Crippen molar-refractivity contribution in [3.8, 4) is 5.75 Å². The molecule has 100 valence electrons. The molecule has 0 aromatic heterocycles. The molecule has 0 aliphatic heterocycles. The van der Waals surface area contributed by atoms with E-state index in [0.29, 0.717) is 12.6 Å². The van der Waals surface area contributed by atoms with Gasteiger partial charge in [-0.25, -0.2) is 0 Å². The van der Waals surface area contributed by atoms with Crippen LogP contribution in [0.2, 0.25) is 0 Å². The van der Waals surface area contributed by atoms with Crippen LogP contribution in [0.1, 0.15) is 36.9 Å². The highest BCUT2D eigenvalue weighted by Crippen LogP contribution is 2.31. The predicted octanol–water partition coefficient (Wildman–Crippen LogP) is 2.70. The van der Waals surface area contributed by atoms with Crippen LogP contribution in [0.25, 0.3) is 0 Å². The molecule has 2 rings (SSSR count). The van der Waals surface area contributed by atoms with E-state index in [2.05, 4.69) is 23.5 Å². The quantitative estimate of drug-likeness (QED) is 0.870. The molecule has 2 unspecified atom stereocenters. The van der Waals surface area contributed by atoms with Gasteiger partial charge in [-0.1, -0.05) is 6.07 Å². The van der Waals surface area contributed by atoms with Crippen molar-refractivity contribution in [2.75, 3.05) is 20.8 Å². The summed E-state index contributed by atoms with van der Waals surface area (Å²) < 4.78 is 10.9. The van der Waals surface area contributed by atoms with Gasteiger partial charge in [-0.15, -0.1) is 0 Å². The fourth-order valence-electron chi connectivity index (χ4n) is 2.46. The molecule has 0 spiro atoms. The number of ether oxygens (including phenoxy) is 2. The highest BCUT2D eigenvalue weighted by Gasteiger charge is 2.18. The Morgan fingerprint density at radius 3 is 3.00 bits per heavy atom. The second-order valence-corrected chi connectivity index (χ2v) is 4.95. The molecule has 0 saturated carbocycles. The van der Waals surface area contributed by atoms with Crippen LogP contribution in [-0.2, 0) is 11.2 Å². The van der Waals surface area contributed by atoms with Crippen LogP contribution in [0, 0.1) is 0 Å². The van der Waals surface area contributed by atoms with E-state index in [4.69, 9.17) is 9.47 Å². The second-order valence-electron chi connectivity index (χ2n) is 4.95. The van der Waals surface area contributed by atoms with Gasteiger partial charge in [0, 0.05) is 13.2 Å². The van der Waals surface area contributed by atoms with Crippen LogP contribution in [0.15, 0.2) is 18.2 Å². The summed E-state index contributed by atoms with van der Waals surface area (Å²) in [6.07, 6.45) is 3.76. The Labute approximate surface area is 109 Å². The maximum Gasteiger partial charge on any atom is 0.119 e. The van der Waals surface area contributed by atoms with E-state index < -0.39 is 0 Å². The third-order valence-corrected chi connectivity index (χ3v) is 3.66. The molecule has 0 bridgehead atoms. The average molecular weight is 249 g/mol. The van der Waals surface area contributed by atoms with Crippen molar-refractivity contribution in [3.63, 3.8) is 0 Å². The SMILES string of the molecule is CNC1CCCc2cc(OCC(C)OC)ccc21. The number of nitrogens with one attached hydrogen (secondary N) is 1. The lowest BCUT2D eigenvalue weighted by Crippen LogP contribution is -2.21. The number of aryl methyl sites for hydroxylation is 1. The van der Waals surface area contributed by atoms with E-state index >= 15 is 0 Å². The summed E-state index contributed by atoms with van der Waals surface area (Å²) in [5.74, 6) is 0.953. The molecule has 1 aromatic rings. The maximum atomic E-state index is 5.75. The van der Waals surface area contributed by atoms with E-state index in [9.17, 15) is 0 Å². The molecule has 2 atom stereocenters. The molecule has 3 nitrogen and oxygen atoms in total. The number of benzene rings is 1. The van der Waals surface area contributed by atoms with Gasteiger partial charge < -0.3 is 14.8 Å². The van der Waals surface area contributed by atoms with Gasteiger partial charge in [0.15, 0.2) is 0 Å². The largest absolute Gasteiger partial charge is 0.491 e. The first kappa shape index (κ1) is 13.4. The minimum atomic E-state index is 0.131. The average Bonchev–Trinajstić information content (AvgIpc) is 2.43. The molecule has 1 N–H and O–H groups in total. The van der Waals surface area contributed by atoms with Crippen LogP contribution in [-0.4, -0.2) is 26.9 Å². The van der Waals surface area contributed by atoms with Gasteiger partial charge in [-0.05, 0) is 56.5 Å². The molecular weight excluding hydrogens is 226 g/mol. The summed E-state index contributed by atoms with van der Waals surface area (Å²) in [5.41, 5.74) is 2.85. The van der Waals surface area contributed by atoms with Crippen molar-refractivity contribution >= 4 is 0 Å². The van der Waals surface area contributed by atoms with Crippen LogP contribution >= 0.6 is 0 Å². The van der Waals surface area contributed by atoms with Crippen molar-refractivity contribution in [3.05, 3.63) is 29.3 Å². The Morgan fingerprint density at radius 2 is 2.28 bits per heavy atom. The van der Waals surface area contributed by atoms with Gasteiger partial charge in [0.05, 0.1) is 6.10 Å². The zero-order valence-electron chi connectivity index (χ0n) is 11.5. The monoisotopic (exact) mass is 249 g/mol. The van der Waals surface area contributed by atoms with Gasteiger partial charge >= 0.3 is 0 Å². The third-order valence-electron chi connectivity index (χ3n) is 3.66. The Bertz CT molecular complexity index is 392. The second kappa shape index (κ2) is 6.21. The number of hydrogen-bond acceptors (Lipinski definition) is 3. The van der Waals surface area contributed by atoms with Crippen molar-refractivity contribution in [2.45, 2.75) is 38.3 Å². The predicted molar refractivity (Wildman–Crippen MR) is 73.1 cm³/mol. The zero-order chi connectivity index (χ0) is 13.0. The van der Waals surface area contributed by atoms with E-state index in [-0.39, 0.29) is 6.10 Å². The lowest BCUT2D eigenvalue weighted by Gasteiger charge is -2.25. The normalized spacial score (nSPS) is 20.3. The Kier molecular flexibility index (Phi) is 4.61. The van der Waals surface area contributed by atoms with E-state index in [1.807, 2.05) is 14.0 Å². The van der Waals surface area contributed by atoms with Gasteiger partial charge in [0.25, 0.3) is 0 Å². The fourth-order valence-corrected chi connectivity index (χ4v) is 2.46. The minimum Gasteiger partial charge on any atom is -0.491 e. The summed E-state index contributed by atoms with van der Waals surface area (Å²) in [5, 5.41) is 3.38. The number of hydrogen-bond donors (Lipinski definition) is 1. The molecule has 1 aromatic carbocycles. The zero-order valence-corrected chi connectivity index (χ0v) is 11.5. The number of rotatable bonds is 5. The number of methoxy groups -OCH3 is 1. The molecule has 3 heteroatoms. The standard InChI is InChI=1S/C15H23NO2/c1-11(17-3)10-18-13-7-8-14-12(9-13)5-4-6-15(14)16-2/h7-9,11,15-16H,4-6,10H2,1-3H3. The first-order valence-corrected chi connectivity index (χ1v) is 6.70. The molecule has 0 amide bonds. The Hall–Kier alpha value is -1.06. The molecule has 0 radical (unpaired) electrons. The summed E-state index contributed by atoms with van der Waals surface area (Å²) in [6, 6.07) is 6.95. The molecule has 1 aliphatic carbocycles. The smallest absolute Gasteiger partial charge is 0.119 e. The van der Waals surface area contributed by atoms with E-state index in [1.165, 1.54) is 24.0 Å². The lowest BCUT2D eigenvalue weighted by atomic mass is 9.87. The maximum absolute atomic E-state index is 5.75. The van der Waals surface area contributed by atoms with Gasteiger partial charge in [-0.3, -0.25) is 0 Å². The van der Waals surface area contributed by atoms with Crippen molar-refractivity contribution in [1.82, 2.24) is 5.32 Å². The summed E-state index contributed by atoms with van der Waals surface area (Å²) >= 11 is 0. The van der Waals surface area contributed by atoms with Crippen LogP contribution in [0.3, 0.4) is 0 Å². The molecule has 0 fully saturated rings. The van der Waals surface area contributed by atoms with Crippen LogP contribution < -0.4 is 10.1 Å². The Balaban J connectivity index is 2.07. The number of fused-ring (bicyclic) bond motifs is 1. The summed E-state index contributed by atoms with van der Waals surface area (Å²) in [4.78, 5) is 0.